The topological polar surface area (TPSA) is 98.2 Å². The largest absolute Gasteiger partial charge is 0.466 e. The van der Waals surface area contributed by atoms with Gasteiger partial charge in [0.25, 0.3) is 0 Å². The molecule has 0 saturated heterocycles. The van der Waals surface area contributed by atoms with Crippen LogP contribution in [-0.4, -0.2) is 36.5 Å². The van der Waals surface area contributed by atoms with Gasteiger partial charge < -0.3 is 19.3 Å². The molecule has 0 aromatic heterocycles. The summed E-state index contributed by atoms with van der Waals surface area (Å²) in [5.74, 6) is 0.567. The minimum absolute atomic E-state index is 0.211. The lowest BCUT2D eigenvalue weighted by Gasteiger charge is -2.06. The van der Waals surface area contributed by atoms with Crippen molar-refractivity contribution in [2.75, 3.05) is 19.8 Å². The number of nitrogens with zero attached hydrogens (tertiary/aromatic N) is 2. The Balaban J connectivity index is 0. The van der Waals surface area contributed by atoms with E-state index in [-0.39, 0.29) is 19.2 Å². The highest BCUT2D eigenvalue weighted by Crippen LogP contribution is 2.44. The van der Waals surface area contributed by atoms with Gasteiger partial charge in [-0.15, -0.1) is 0 Å². The zero-order valence-electron chi connectivity index (χ0n) is 10.6. The monoisotopic (exact) mass is 266 g/mol. The van der Waals surface area contributed by atoms with Gasteiger partial charge in [-0.05, 0) is 20.8 Å². The number of esters is 1. The predicted octanol–water partition coefficient (Wildman–Crippen LogP) is 2.08. The van der Waals surface area contributed by atoms with Crippen molar-refractivity contribution in [3.05, 3.63) is 5.53 Å². The molecule has 0 heterocycles. The Kier molecular flexibility index (Phi) is 12.4. The van der Waals surface area contributed by atoms with Gasteiger partial charge in [-0.25, -0.2) is 4.57 Å². The molecule has 0 aliphatic carbocycles. The molecular formula is C9H19N2O5P. The summed E-state index contributed by atoms with van der Waals surface area (Å²) in [6, 6.07) is 0. The van der Waals surface area contributed by atoms with Gasteiger partial charge in [-0.1, -0.05) is 0 Å². The average Bonchev–Trinajstić information content (AvgIpc) is 2.19. The fourth-order valence-electron chi connectivity index (χ4n) is 0.730. The van der Waals surface area contributed by atoms with Crippen LogP contribution in [0.3, 0.4) is 0 Å². The predicted molar refractivity (Wildman–Crippen MR) is 62.8 cm³/mol. The Hall–Kier alpha value is -1.00. The molecule has 0 aromatic carbocycles. The van der Waals surface area contributed by atoms with Crippen LogP contribution in [0.1, 0.15) is 27.7 Å². The number of ether oxygens (including phenoxy) is 1. The van der Waals surface area contributed by atoms with Crippen molar-refractivity contribution in [1.29, 1.82) is 0 Å². The van der Waals surface area contributed by atoms with Crippen LogP contribution in [0.15, 0.2) is 0 Å². The Bertz CT molecular complexity index is 292. The van der Waals surface area contributed by atoms with Gasteiger partial charge in [0.1, 0.15) is 0 Å². The van der Waals surface area contributed by atoms with E-state index >= 15 is 0 Å². The van der Waals surface area contributed by atoms with Crippen LogP contribution >= 0.6 is 7.60 Å². The quantitative estimate of drug-likeness (QED) is 0.241. The maximum absolute atomic E-state index is 11.3. The molecule has 0 amide bonds. The van der Waals surface area contributed by atoms with E-state index < -0.39 is 7.60 Å². The van der Waals surface area contributed by atoms with Gasteiger partial charge in [0.05, 0.1) is 19.8 Å². The van der Waals surface area contributed by atoms with Crippen molar-refractivity contribution in [2.24, 2.45) is 0 Å². The molecule has 17 heavy (non-hydrogen) atoms. The van der Waals surface area contributed by atoms with E-state index in [2.05, 4.69) is 9.53 Å². The molecule has 0 aliphatic rings. The highest BCUT2D eigenvalue weighted by molar-refractivity contribution is 7.69. The Morgan fingerprint density at radius 1 is 1.24 bits per heavy atom. The number of hydrogen-bond acceptors (Lipinski definition) is 5. The van der Waals surface area contributed by atoms with Gasteiger partial charge in [-0.2, -0.15) is 4.79 Å². The summed E-state index contributed by atoms with van der Waals surface area (Å²) in [5.41, 5.74) is 8.09. The van der Waals surface area contributed by atoms with Gasteiger partial charge in [-0.3, -0.25) is 4.79 Å². The van der Waals surface area contributed by atoms with Crippen LogP contribution in [0.25, 0.3) is 5.53 Å². The third kappa shape index (κ3) is 12.9. The normalized spacial score (nSPS) is 9.65. The number of hydrogen-bond donors (Lipinski definition) is 0. The van der Waals surface area contributed by atoms with Crippen LogP contribution in [0.4, 0.5) is 0 Å². The fourth-order valence-corrected chi connectivity index (χ4v) is 1.78. The summed E-state index contributed by atoms with van der Waals surface area (Å²) >= 11 is 0. The first-order chi connectivity index (χ1) is 7.95. The second-order valence-electron chi connectivity index (χ2n) is 2.53. The summed E-state index contributed by atoms with van der Waals surface area (Å²) in [4.78, 5) is 12.4. The van der Waals surface area contributed by atoms with Crippen LogP contribution in [-0.2, 0) is 23.1 Å². The summed E-state index contributed by atoms with van der Waals surface area (Å²) in [5, 5.41) is 0. The van der Waals surface area contributed by atoms with Crippen molar-refractivity contribution < 1.29 is 27.9 Å². The van der Waals surface area contributed by atoms with Crippen LogP contribution in [0, 0.1) is 0 Å². The molecule has 0 N–H and O–H groups in total. The highest BCUT2D eigenvalue weighted by atomic mass is 31.2. The van der Waals surface area contributed by atoms with E-state index in [4.69, 9.17) is 14.6 Å². The summed E-state index contributed by atoms with van der Waals surface area (Å²) in [7, 11) is -3.26. The Morgan fingerprint density at radius 2 is 1.71 bits per heavy atom. The SMILES string of the molecule is CCOC(C)=O.CCOP(=O)(C=[N+]=[N-])OCC. The second-order valence-corrected chi connectivity index (χ2v) is 4.36. The van der Waals surface area contributed by atoms with Crippen LogP contribution in [0.5, 0.6) is 0 Å². The van der Waals surface area contributed by atoms with Gasteiger partial charge in [0.15, 0.2) is 0 Å². The summed E-state index contributed by atoms with van der Waals surface area (Å²) in [6.45, 7) is 7.51. The van der Waals surface area contributed by atoms with E-state index in [9.17, 15) is 9.36 Å². The first-order valence-electron chi connectivity index (χ1n) is 5.16. The Labute approximate surface area is 101 Å². The molecule has 0 fully saturated rings. The maximum Gasteiger partial charge on any atom is 0.434 e. The van der Waals surface area contributed by atoms with Crippen molar-refractivity contribution in [1.82, 2.24) is 0 Å². The average molecular weight is 266 g/mol. The zero-order chi connectivity index (χ0) is 13.7. The number of rotatable bonds is 6. The van der Waals surface area contributed by atoms with Crippen molar-refractivity contribution in [3.63, 3.8) is 0 Å². The first-order valence-corrected chi connectivity index (χ1v) is 6.77. The molecule has 0 radical (unpaired) electrons. The molecule has 8 heteroatoms. The summed E-state index contributed by atoms with van der Waals surface area (Å²) in [6.07, 6.45) is 0. The number of carbonyl (C=O) groups is 1. The van der Waals surface area contributed by atoms with Gasteiger partial charge in [0, 0.05) is 6.92 Å². The summed E-state index contributed by atoms with van der Waals surface area (Å²) < 4.78 is 25.1. The molecule has 0 saturated carbocycles. The van der Waals surface area contributed by atoms with Gasteiger partial charge in [0.2, 0.25) is 0 Å². The van der Waals surface area contributed by atoms with Crippen LogP contribution < -0.4 is 0 Å². The van der Waals surface area contributed by atoms with E-state index in [1.165, 1.54) is 6.92 Å². The molecule has 0 atom stereocenters. The highest BCUT2D eigenvalue weighted by Gasteiger charge is 2.25. The molecule has 0 spiro atoms. The zero-order valence-corrected chi connectivity index (χ0v) is 11.5. The van der Waals surface area contributed by atoms with Crippen molar-refractivity contribution in [3.8, 4) is 0 Å². The maximum atomic E-state index is 11.3. The lowest BCUT2D eigenvalue weighted by atomic mass is 10.8. The minimum Gasteiger partial charge on any atom is -0.466 e. The van der Waals surface area contributed by atoms with E-state index in [0.29, 0.717) is 6.61 Å². The molecular weight excluding hydrogens is 247 g/mol. The lowest BCUT2D eigenvalue weighted by Crippen LogP contribution is -1.96. The third-order valence-electron chi connectivity index (χ3n) is 1.16. The van der Waals surface area contributed by atoms with E-state index in [0.717, 1.165) is 5.96 Å². The molecule has 0 aliphatic heterocycles. The van der Waals surface area contributed by atoms with Crippen molar-refractivity contribution in [2.45, 2.75) is 27.7 Å². The minimum atomic E-state index is -3.26. The Morgan fingerprint density at radius 3 is 1.88 bits per heavy atom. The van der Waals surface area contributed by atoms with Crippen LogP contribution in [0.2, 0.25) is 0 Å². The molecule has 0 rings (SSSR count). The van der Waals surface area contributed by atoms with E-state index in [1.807, 2.05) is 0 Å². The molecule has 0 unspecified atom stereocenters. The standard InChI is InChI=1S/C5H11N2O3P.C4H8O2/c1-3-9-11(8,5-7-6)10-4-2;1-3-6-4(2)5/h5H,3-4H2,1-2H3;3H2,1-2H3. The number of carbonyl (C=O) groups excluding carboxylic acids is 1. The molecule has 0 bridgehead atoms. The first kappa shape index (κ1) is 18.4. The molecule has 100 valence electrons. The van der Waals surface area contributed by atoms with E-state index in [1.54, 1.807) is 20.8 Å². The lowest BCUT2D eigenvalue weighted by molar-refractivity contribution is -0.140. The molecule has 0 aromatic rings. The second kappa shape index (κ2) is 11.5. The smallest absolute Gasteiger partial charge is 0.434 e. The fraction of sp³-hybridized carbons (Fsp3) is 0.778. The third-order valence-corrected chi connectivity index (χ3v) is 2.78. The van der Waals surface area contributed by atoms with Gasteiger partial charge >= 0.3 is 19.5 Å². The van der Waals surface area contributed by atoms with Crippen molar-refractivity contribution >= 4 is 19.5 Å². The molecule has 7 nitrogen and oxygen atoms in total.